The molecule has 2 amide bonds. The van der Waals surface area contributed by atoms with Gasteiger partial charge in [-0.15, -0.1) is 0 Å². The molecular weight excluding hydrogens is 360 g/mol. The summed E-state index contributed by atoms with van der Waals surface area (Å²) in [5.41, 5.74) is 4.18. The van der Waals surface area contributed by atoms with E-state index in [1.54, 1.807) is 7.05 Å². The van der Waals surface area contributed by atoms with E-state index in [0.717, 1.165) is 37.8 Å². The molecule has 2 aromatic carbocycles. The standard InChI is InChI=1S/C25H30N2O2/c1-18-6-3-8-21(14-18)22-9-4-7-19(15-22)16-25(24(29)26-2)12-5-13-27(17-25)23(28)20-10-11-20/h3-4,6-9,14-15,20H,5,10-13,16-17H2,1-2H3,(H,26,29). The van der Waals surface area contributed by atoms with E-state index in [1.165, 1.54) is 16.7 Å². The van der Waals surface area contributed by atoms with E-state index >= 15 is 0 Å². The number of benzene rings is 2. The van der Waals surface area contributed by atoms with Crippen molar-refractivity contribution in [3.63, 3.8) is 0 Å². The molecule has 1 aliphatic carbocycles. The summed E-state index contributed by atoms with van der Waals surface area (Å²) in [6, 6.07) is 17.0. The molecule has 29 heavy (non-hydrogen) atoms. The minimum atomic E-state index is -0.553. The summed E-state index contributed by atoms with van der Waals surface area (Å²) in [5, 5.41) is 2.88. The van der Waals surface area contributed by atoms with Gasteiger partial charge in [-0.2, -0.15) is 0 Å². The Morgan fingerprint density at radius 2 is 1.83 bits per heavy atom. The van der Waals surface area contributed by atoms with Crippen LogP contribution in [0.15, 0.2) is 48.5 Å². The summed E-state index contributed by atoms with van der Waals surface area (Å²) in [5.74, 6) is 0.485. The minimum absolute atomic E-state index is 0.0479. The average molecular weight is 391 g/mol. The third-order valence-electron chi connectivity index (χ3n) is 6.34. The molecule has 1 saturated carbocycles. The second-order valence-corrected chi connectivity index (χ2v) is 8.74. The molecule has 2 fully saturated rings. The Labute approximate surface area is 173 Å². The highest BCUT2D eigenvalue weighted by atomic mass is 16.2. The van der Waals surface area contributed by atoms with Crippen molar-refractivity contribution in [2.24, 2.45) is 11.3 Å². The van der Waals surface area contributed by atoms with Crippen molar-refractivity contribution in [3.05, 3.63) is 59.7 Å². The number of amides is 2. The van der Waals surface area contributed by atoms with Gasteiger partial charge >= 0.3 is 0 Å². The van der Waals surface area contributed by atoms with Gasteiger partial charge < -0.3 is 10.2 Å². The van der Waals surface area contributed by atoms with Crippen LogP contribution in [-0.2, 0) is 16.0 Å². The molecule has 1 N–H and O–H groups in total. The Morgan fingerprint density at radius 1 is 1.10 bits per heavy atom. The lowest BCUT2D eigenvalue weighted by molar-refractivity contribution is -0.142. The van der Waals surface area contributed by atoms with Crippen LogP contribution in [-0.4, -0.2) is 36.9 Å². The zero-order valence-electron chi connectivity index (χ0n) is 17.4. The van der Waals surface area contributed by atoms with Crippen molar-refractivity contribution in [1.29, 1.82) is 0 Å². The molecule has 0 spiro atoms. The van der Waals surface area contributed by atoms with Gasteiger partial charge in [-0.3, -0.25) is 9.59 Å². The molecule has 1 saturated heterocycles. The fourth-order valence-electron chi connectivity index (χ4n) is 4.66. The number of carbonyl (C=O) groups excluding carboxylic acids is 2. The first kappa shape index (κ1) is 19.7. The lowest BCUT2D eigenvalue weighted by atomic mass is 9.74. The molecule has 1 aliphatic heterocycles. The maximum atomic E-state index is 13.0. The highest BCUT2D eigenvalue weighted by Gasteiger charge is 2.45. The van der Waals surface area contributed by atoms with Gasteiger partial charge in [-0.1, -0.05) is 54.1 Å². The predicted molar refractivity (Wildman–Crippen MR) is 115 cm³/mol. The van der Waals surface area contributed by atoms with Crippen molar-refractivity contribution < 1.29 is 9.59 Å². The lowest BCUT2D eigenvalue weighted by Crippen LogP contribution is -2.54. The van der Waals surface area contributed by atoms with Gasteiger partial charge in [0.05, 0.1) is 5.41 Å². The molecule has 2 aliphatic rings. The van der Waals surface area contributed by atoms with Gasteiger partial charge in [0.1, 0.15) is 0 Å². The summed E-state index contributed by atoms with van der Waals surface area (Å²) in [7, 11) is 1.70. The third-order valence-corrected chi connectivity index (χ3v) is 6.34. The second kappa shape index (κ2) is 8.02. The molecule has 1 unspecified atom stereocenters. The summed E-state index contributed by atoms with van der Waals surface area (Å²) in [4.78, 5) is 27.6. The molecular formula is C25H30N2O2. The molecule has 4 heteroatoms. The van der Waals surface area contributed by atoms with Crippen LogP contribution in [0.4, 0.5) is 0 Å². The van der Waals surface area contributed by atoms with E-state index in [0.29, 0.717) is 13.0 Å². The van der Waals surface area contributed by atoms with Crippen LogP contribution < -0.4 is 5.32 Å². The van der Waals surface area contributed by atoms with Crippen molar-refractivity contribution in [2.45, 2.75) is 39.0 Å². The molecule has 0 radical (unpaired) electrons. The van der Waals surface area contributed by atoms with E-state index in [2.05, 4.69) is 60.8 Å². The lowest BCUT2D eigenvalue weighted by Gasteiger charge is -2.42. The number of hydrogen-bond donors (Lipinski definition) is 1. The van der Waals surface area contributed by atoms with Crippen LogP contribution in [0.5, 0.6) is 0 Å². The van der Waals surface area contributed by atoms with E-state index in [1.807, 2.05) is 4.90 Å². The van der Waals surface area contributed by atoms with Crippen LogP contribution in [0.2, 0.25) is 0 Å². The van der Waals surface area contributed by atoms with Gasteiger partial charge in [0.2, 0.25) is 11.8 Å². The number of nitrogens with one attached hydrogen (secondary N) is 1. The normalized spacial score (nSPS) is 21.7. The maximum absolute atomic E-state index is 13.0. The van der Waals surface area contributed by atoms with E-state index in [4.69, 9.17) is 0 Å². The van der Waals surface area contributed by atoms with Crippen molar-refractivity contribution in [2.75, 3.05) is 20.1 Å². The molecule has 0 aromatic heterocycles. The van der Waals surface area contributed by atoms with Gasteiger partial charge in [-0.25, -0.2) is 0 Å². The summed E-state index contributed by atoms with van der Waals surface area (Å²) in [6.07, 6.45) is 4.35. The number of piperidine rings is 1. The quantitative estimate of drug-likeness (QED) is 0.840. The highest BCUT2D eigenvalue weighted by Crippen LogP contribution is 2.38. The van der Waals surface area contributed by atoms with Crippen molar-refractivity contribution >= 4 is 11.8 Å². The van der Waals surface area contributed by atoms with Gasteiger partial charge in [-0.05, 0) is 55.7 Å². The number of rotatable bonds is 5. The molecule has 2 aromatic rings. The first-order valence-corrected chi connectivity index (χ1v) is 10.7. The molecule has 4 nitrogen and oxygen atoms in total. The monoisotopic (exact) mass is 390 g/mol. The number of carbonyl (C=O) groups is 2. The van der Waals surface area contributed by atoms with E-state index in [-0.39, 0.29) is 17.7 Å². The number of hydrogen-bond acceptors (Lipinski definition) is 2. The largest absolute Gasteiger partial charge is 0.359 e. The molecule has 4 rings (SSSR count). The number of aryl methyl sites for hydroxylation is 1. The molecule has 1 atom stereocenters. The maximum Gasteiger partial charge on any atom is 0.228 e. The Morgan fingerprint density at radius 3 is 2.52 bits per heavy atom. The summed E-state index contributed by atoms with van der Waals surface area (Å²) < 4.78 is 0. The van der Waals surface area contributed by atoms with Gasteiger partial charge in [0.15, 0.2) is 0 Å². The van der Waals surface area contributed by atoms with Crippen molar-refractivity contribution in [3.8, 4) is 11.1 Å². The smallest absolute Gasteiger partial charge is 0.228 e. The first-order chi connectivity index (χ1) is 14.0. The van der Waals surface area contributed by atoms with Gasteiger partial charge in [0, 0.05) is 26.1 Å². The van der Waals surface area contributed by atoms with Crippen LogP contribution in [0.1, 0.15) is 36.8 Å². The fraction of sp³-hybridized carbons (Fsp3) is 0.440. The predicted octanol–water partition coefficient (Wildman–Crippen LogP) is 3.97. The van der Waals surface area contributed by atoms with Gasteiger partial charge in [0.25, 0.3) is 0 Å². The third kappa shape index (κ3) is 4.21. The Bertz CT molecular complexity index is 919. The molecule has 152 valence electrons. The first-order valence-electron chi connectivity index (χ1n) is 10.7. The van der Waals surface area contributed by atoms with Crippen LogP contribution >= 0.6 is 0 Å². The van der Waals surface area contributed by atoms with Crippen molar-refractivity contribution in [1.82, 2.24) is 10.2 Å². The Balaban J connectivity index is 1.61. The zero-order chi connectivity index (χ0) is 20.4. The molecule has 0 bridgehead atoms. The topological polar surface area (TPSA) is 49.4 Å². The highest BCUT2D eigenvalue weighted by molar-refractivity contribution is 5.86. The van der Waals surface area contributed by atoms with Crippen LogP contribution in [0.3, 0.4) is 0 Å². The Hall–Kier alpha value is -2.62. The number of likely N-dealkylation sites (tertiary alicyclic amines) is 1. The van der Waals surface area contributed by atoms with Crippen LogP contribution in [0, 0.1) is 18.3 Å². The SMILES string of the molecule is CNC(=O)C1(Cc2cccc(-c3cccc(C)c3)c2)CCCN(C(=O)C2CC2)C1. The number of nitrogens with zero attached hydrogens (tertiary/aromatic N) is 1. The fourth-order valence-corrected chi connectivity index (χ4v) is 4.66. The molecule has 1 heterocycles. The Kier molecular flexibility index (Phi) is 5.44. The average Bonchev–Trinajstić information content (AvgIpc) is 3.58. The summed E-state index contributed by atoms with van der Waals surface area (Å²) >= 11 is 0. The van der Waals surface area contributed by atoms with E-state index < -0.39 is 5.41 Å². The zero-order valence-corrected chi connectivity index (χ0v) is 17.4. The van der Waals surface area contributed by atoms with Crippen LogP contribution in [0.25, 0.3) is 11.1 Å². The summed E-state index contributed by atoms with van der Waals surface area (Å²) in [6.45, 7) is 3.40. The van der Waals surface area contributed by atoms with E-state index in [9.17, 15) is 9.59 Å². The minimum Gasteiger partial charge on any atom is -0.359 e. The second-order valence-electron chi connectivity index (χ2n) is 8.74.